The van der Waals surface area contributed by atoms with Crippen LogP contribution in [0.2, 0.25) is 0 Å². The number of amides is 1. The van der Waals surface area contributed by atoms with Crippen molar-refractivity contribution < 1.29 is 4.79 Å². The molecule has 0 unspecified atom stereocenters. The molecule has 1 aromatic carbocycles. The maximum Gasteiger partial charge on any atom is 0.272 e. The summed E-state index contributed by atoms with van der Waals surface area (Å²) >= 11 is 0. The molecule has 4 heteroatoms. The number of hydrazone groups is 1. The summed E-state index contributed by atoms with van der Waals surface area (Å²) in [4.78, 5) is 15.7. The Labute approximate surface area is 112 Å². The standard InChI is InChI=1S/C15H15N3O/c1-11-5-3-6-13(9-11)12(2)17-18-15(19)14-7-4-8-16-10-14/h3-10H,1-2H3,(H,18,19). The molecule has 0 spiro atoms. The first-order valence-electron chi connectivity index (χ1n) is 5.98. The van der Waals surface area contributed by atoms with Crippen LogP contribution in [0.25, 0.3) is 0 Å². The molecule has 96 valence electrons. The monoisotopic (exact) mass is 253 g/mol. The summed E-state index contributed by atoms with van der Waals surface area (Å²) in [5.74, 6) is -0.264. The van der Waals surface area contributed by atoms with E-state index in [2.05, 4.69) is 15.5 Å². The molecule has 0 aliphatic rings. The molecule has 0 atom stereocenters. The van der Waals surface area contributed by atoms with Crippen LogP contribution in [0.3, 0.4) is 0 Å². The third kappa shape index (κ3) is 3.48. The summed E-state index contributed by atoms with van der Waals surface area (Å²) in [5.41, 5.74) is 5.93. The molecule has 0 radical (unpaired) electrons. The van der Waals surface area contributed by atoms with Crippen LogP contribution in [0.15, 0.2) is 53.9 Å². The molecule has 0 saturated carbocycles. The molecule has 1 N–H and O–H groups in total. The van der Waals surface area contributed by atoms with Crippen molar-refractivity contribution in [2.24, 2.45) is 5.10 Å². The predicted octanol–water partition coefficient (Wildman–Crippen LogP) is 2.54. The van der Waals surface area contributed by atoms with Crippen LogP contribution in [0, 0.1) is 6.92 Å². The first-order valence-corrected chi connectivity index (χ1v) is 5.98. The Morgan fingerprint density at radius 3 is 2.68 bits per heavy atom. The normalized spacial score (nSPS) is 11.2. The second kappa shape index (κ2) is 5.91. The largest absolute Gasteiger partial charge is 0.272 e. The molecule has 0 aliphatic carbocycles. The van der Waals surface area contributed by atoms with Gasteiger partial charge in [-0.05, 0) is 31.5 Å². The Morgan fingerprint density at radius 1 is 1.21 bits per heavy atom. The van der Waals surface area contributed by atoms with E-state index in [-0.39, 0.29) is 5.91 Å². The Bertz CT molecular complexity index is 606. The van der Waals surface area contributed by atoms with Crippen LogP contribution in [-0.4, -0.2) is 16.6 Å². The van der Waals surface area contributed by atoms with Gasteiger partial charge in [-0.25, -0.2) is 5.43 Å². The zero-order valence-electron chi connectivity index (χ0n) is 10.9. The van der Waals surface area contributed by atoms with Gasteiger partial charge < -0.3 is 0 Å². The molecule has 0 saturated heterocycles. The fourth-order valence-corrected chi connectivity index (χ4v) is 1.63. The SMILES string of the molecule is CC(=NNC(=O)c1cccnc1)c1cccc(C)c1. The topological polar surface area (TPSA) is 54.4 Å². The Kier molecular flexibility index (Phi) is 4.03. The van der Waals surface area contributed by atoms with Crippen molar-refractivity contribution in [3.8, 4) is 0 Å². The first-order chi connectivity index (χ1) is 9.16. The second-order valence-electron chi connectivity index (χ2n) is 4.25. The van der Waals surface area contributed by atoms with Gasteiger partial charge in [0.15, 0.2) is 0 Å². The summed E-state index contributed by atoms with van der Waals surface area (Å²) < 4.78 is 0. The molecule has 0 bridgehead atoms. The van der Waals surface area contributed by atoms with Gasteiger partial charge >= 0.3 is 0 Å². The number of aryl methyl sites for hydroxylation is 1. The number of benzene rings is 1. The molecule has 2 aromatic rings. The van der Waals surface area contributed by atoms with Gasteiger partial charge in [0.05, 0.1) is 11.3 Å². The maximum atomic E-state index is 11.8. The molecule has 4 nitrogen and oxygen atoms in total. The highest BCUT2D eigenvalue weighted by atomic mass is 16.2. The van der Waals surface area contributed by atoms with E-state index in [9.17, 15) is 4.79 Å². The minimum Gasteiger partial charge on any atom is -0.267 e. The first kappa shape index (κ1) is 13.0. The van der Waals surface area contributed by atoms with E-state index in [1.165, 1.54) is 6.20 Å². The van der Waals surface area contributed by atoms with Gasteiger partial charge in [0.2, 0.25) is 0 Å². The molecule has 1 amide bonds. The van der Waals surface area contributed by atoms with Gasteiger partial charge in [-0.15, -0.1) is 0 Å². The van der Waals surface area contributed by atoms with Crippen LogP contribution in [0.5, 0.6) is 0 Å². The van der Waals surface area contributed by atoms with Crippen LogP contribution < -0.4 is 5.43 Å². The second-order valence-corrected chi connectivity index (χ2v) is 4.25. The van der Waals surface area contributed by atoms with Crippen molar-refractivity contribution in [2.75, 3.05) is 0 Å². The lowest BCUT2D eigenvalue weighted by atomic mass is 10.1. The molecule has 1 heterocycles. The van der Waals surface area contributed by atoms with E-state index in [0.717, 1.165) is 16.8 Å². The van der Waals surface area contributed by atoms with Crippen molar-refractivity contribution >= 4 is 11.6 Å². The summed E-state index contributed by atoms with van der Waals surface area (Å²) in [6.07, 6.45) is 3.13. The highest BCUT2D eigenvalue weighted by molar-refractivity contribution is 6.00. The van der Waals surface area contributed by atoms with Crippen molar-refractivity contribution in [3.05, 3.63) is 65.5 Å². The van der Waals surface area contributed by atoms with E-state index in [0.29, 0.717) is 5.56 Å². The van der Waals surface area contributed by atoms with Gasteiger partial charge in [-0.3, -0.25) is 9.78 Å². The molecule has 0 fully saturated rings. The van der Waals surface area contributed by atoms with Gasteiger partial charge in [-0.2, -0.15) is 5.10 Å². The summed E-state index contributed by atoms with van der Waals surface area (Å²) in [6, 6.07) is 11.4. The Morgan fingerprint density at radius 2 is 2.00 bits per heavy atom. The number of carbonyl (C=O) groups is 1. The van der Waals surface area contributed by atoms with Crippen molar-refractivity contribution in [3.63, 3.8) is 0 Å². The van der Waals surface area contributed by atoms with Crippen LogP contribution in [-0.2, 0) is 0 Å². The fraction of sp³-hybridized carbons (Fsp3) is 0.133. The van der Waals surface area contributed by atoms with Crippen LogP contribution in [0.1, 0.15) is 28.4 Å². The number of nitrogens with one attached hydrogen (secondary N) is 1. The zero-order valence-corrected chi connectivity index (χ0v) is 10.9. The average Bonchev–Trinajstić information content (AvgIpc) is 2.45. The molecule has 1 aromatic heterocycles. The van der Waals surface area contributed by atoms with E-state index < -0.39 is 0 Å². The summed E-state index contributed by atoms with van der Waals surface area (Å²) in [6.45, 7) is 3.88. The zero-order chi connectivity index (χ0) is 13.7. The Balaban J connectivity index is 2.09. The highest BCUT2D eigenvalue weighted by Crippen LogP contribution is 2.05. The van der Waals surface area contributed by atoms with Crippen molar-refractivity contribution in [2.45, 2.75) is 13.8 Å². The summed E-state index contributed by atoms with van der Waals surface area (Å²) in [7, 11) is 0. The lowest BCUT2D eigenvalue weighted by molar-refractivity contribution is 0.0954. The quantitative estimate of drug-likeness (QED) is 0.675. The molecule has 19 heavy (non-hydrogen) atoms. The van der Waals surface area contributed by atoms with Gasteiger partial charge in [0.25, 0.3) is 5.91 Å². The van der Waals surface area contributed by atoms with E-state index >= 15 is 0 Å². The van der Waals surface area contributed by atoms with E-state index in [1.807, 2.05) is 38.1 Å². The van der Waals surface area contributed by atoms with Crippen molar-refractivity contribution in [1.82, 2.24) is 10.4 Å². The van der Waals surface area contributed by atoms with E-state index in [1.54, 1.807) is 18.3 Å². The number of pyridine rings is 1. The van der Waals surface area contributed by atoms with Crippen molar-refractivity contribution in [1.29, 1.82) is 0 Å². The minimum absolute atomic E-state index is 0.264. The molecular formula is C15H15N3O. The maximum absolute atomic E-state index is 11.8. The number of aromatic nitrogens is 1. The minimum atomic E-state index is -0.264. The number of hydrogen-bond donors (Lipinski definition) is 1. The third-order valence-corrected chi connectivity index (χ3v) is 2.68. The number of nitrogens with zero attached hydrogens (tertiary/aromatic N) is 2. The van der Waals surface area contributed by atoms with Crippen LogP contribution in [0.4, 0.5) is 0 Å². The van der Waals surface area contributed by atoms with Crippen LogP contribution >= 0.6 is 0 Å². The average molecular weight is 253 g/mol. The third-order valence-electron chi connectivity index (χ3n) is 2.68. The van der Waals surface area contributed by atoms with Gasteiger partial charge in [0, 0.05) is 12.4 Å². The predicted molar refractivity (Wildman–Crippen MR) is 75.1 cm³/mol. The highest BCUT2D eigenvalue weighted by Gasteiger charge is 2.04. The lowest BCUT2D eigenvalue weighted by Crippen LogP contribution is -2.19. The van der Waals surface area contributed by atoms with E-state index in [4.69, 9.17) is 0 Å². The summed E-state index contributed by atoms with van der Waals surface area (Å²) in [5, 5.41) is 4.10. The number of carbonyl (C=O) groups excluding carboxylic acids is 1. The smallest absolute Gasteiger partial charge is 0.267 e. The fourth-order valence-electron chi connectivity index (χ4n) is 1.63. The molecular weight excluding hydrogens is 238 g/mol. The van der Waals surface area contributed by atoms with Gasteiger partial charge in [0.1, 0.15) is 0 Å². The number of hydrogen-bond acceptors (Lipinski definition) is 3. The van der Waals surface area contributed by atoms with Gasteiger partial charge in [-0.1, -0.05) is 29.8 Å². The Hall–Kier alpha value is -2.49. The molecule has 2 rings (SSSR count). The lowest BCUT2D eigenvalue weighted by Gasteiger charge is -2.03. The molecule has 0 aliphatic heterocycles. The number of rotatable bonds is 3.